The maximum atomic E-state index is 12.6. The second-order valence-corrected chi connectivity index (χ2v) is 8.42. The number of hydrogen-bond acceptors (Lipinski definition) is 4. The minimum atomic E-state index is -3.35. The number of rotatable bonds is 3. The van der Waals surface area contributed by atoms with E-state index in [2.05, 4.69) is 0 Å². The van der Waals surface area contributed by atoms with Crippen LogP contribution < -0.4 is 5.73 Å². The highest BCUT2D eigenvalue weighted by molar-refractivity contribution is 7.91. The molecule has 0 radical (unpaired) electrons. The van der Waals surface area contributed by atoms with Crippen molar-refractivity contribution in [1.29, 1.82) is 0 Å². The first-order valence-electron chi connectivity index (χ1n) is 7.68. The average molecular weight is 309 g/mol. The number of hydrogen-bond donors (Lipinski definition) is 1. The van der Waals surface area contributed by atoms with Gasteiger partial charge in [0.15, 0.2) is 9.84 Å². The number of ether oxygens (including phenoxy) is 1. The van der Waals surface area contributed by atoms with Gasteiger partial charge in [-0.05, 0) is 50.3 Å². The summed E-state index contributed by atoms with van der Waals surface area (Å²) in [6.07, 6.45) is 6.25. The molecule has 0 aromatic heterocycles. The minimum absolute atomic E-state index is 0.0229. The summed E-state index contributed by atoms with van der Waals surface area (Å²) in [4.78, 5) is 0.346. The van der Waals surface area contributed by atoms with Gasteiger partial charge >= 0.3 is 0 Å². The van der Waals surface area contributed by atoms with E-state index in [1.807, 2.05) is 0 Å². The van der Waals surface area contributed by atoms with Gasteiger partial charge in [0.1, 0.15) is 0 Å². The Morgan fingerprint density at radius 3 is 2.71 bits per heavy atom. The topological polar surface area (TPSA) is 69.4 Å². The van der Waals surface area contributed by atoms with Crippen molar-refractivity contribution in [2.45, 2.75) is 62.0 Å². The Labute approximate surface area is 126 Å². The molecule has 5 heteroatoms. The summed E-state index contributed by atoms with van der Waals surface area (Å²) in [6.45, 7) is 1.76. The van der Waals surface area contributed by atoms with Gasteiger partial charge in [0.05, 0.1) is 22.4 Å². The molecule has 1 aromatic carbocycles. The van der Waals surface area contributed by atoms with E-state index in [9.17, 15) is 8.42 Å². The average Bonchev–Trinajstić information content (AvgIpc) is 3.03. The van der Waals surface area contributed by atoms with Crippen LogP contribution in [0.4, 0.5) is 5.69 Å². The first-order valence-corrected chi connectivity index (χ1v) is 9.33. The van der Waals surface area contributed by atoms with E-state index in [1.165, 1.54) is 12.8 Å². The quantitative estimate of drug-likeness (QED) is 0.872. The Kier molecular flexibility index (Phi) is 3.74. The molecule has 1 spiro atoms. The monoisotopic (exact) mass is 309 g/mol. The van der Waals surface area contributed by atoms with E-state index in [4.69, 9.17) is 10.5 Å². The molecule has 1 heterocycles. The third kappa shape index (κ3) is 2.81. The van der Waals surface area contributed by atoms with Crippen molar-refractivity contribution in [3.8, 4) is 0 Å². The maximum absolute atomic E-state index is 12.6. The van der Waals surface area contributed by atoms with Crippen molar-refractivity contribution in [2.24, 2.45) is 0 Å². The normalized spacial score (nSPS) is 24.7. The third-order valence-corrected chi connectivity index (χ3v) is 6.84. The summed E-state index contributed by atoms with van der Waals surface area (Å²) in [5.74, 6) is 0.0685. The molecule has 1 atom stereocenters. The SMILES string of the molecule is Cc1c(N)cccc1S(=O)(=O)CC1CCC2(CCCC2)O1. The largest absolute Gasteiger partial charge is 0.398 e. The third-order valence-electron chi connectivity index (χ3n) is 4.92. The van der Waals surface area contributed by atoms with Gasteiger partial charge in [0, 0.05) is 5.69 Å². The van der Waals surface area contributed by atoms with E-state index in [-0.39, 0.29) is 17.5 Å². The standard InChI is InChI=1S/C16H23NO3S/c1-12-14(17)5-4-6-15(12)21(18,19)11-13-7-10-16(20-13)8-2-3-9-16/h4-6,13H,2-3,7-11,17H2,1H3. The maximum Gasteiger partial charge on any atom is 0.181 e. The Morgan fingerprint density at radius 2 is 2.00 bits per heavy atom. The Morgan fingerprint density at radius 1 is 1.29 bits per heavy atom. The molecule has 2 N–H and O–H groups in total. The fourth-order valence-corrected chi connectivity index (χ4v) is 5.48. The van der Waals surface area contributed by atoms with Gasteiger partial charge in [0.25, 0.3) is 0 Å². The highest BCUT2D eigenvalue weighted by Crippen LogP contribution is 2.43. The summed E-state index contributed by atoms with van der Waals surface area (Å²) >= 11 is 0. The van der Waals surface area contributed by atoms with Gasteiger partial charge in [-0.1, -0.05) is 18.9 Å². The number of benzene rings is 1. The molecule has 1 aliphatic carbocycles. The first kappa shape index (κ1) is 14.9. The molecule has 0 bridgehead atoms. The van der Waals surface area contributed by atoms with Crippen LogP contribution in [0.25, 0.3) is 0 Å². The number of nitrogens with two attached hydrogens (primary N) is 1. The van der Waals surface area contributed by atoms with Crippen LogP contribution in [0.2, 0.25) is 0 Å². The Bertz CT molecular complexity index is 633. The van der Waals surface area contributed by atoms with Crippen LogP contribution in [0.15, 0.2) is 23.1 Å². The zero-order valence-corrected chi connectivity index (χ0v) is 13.3. The van der Waals surface area contributed by atoms with Gasteiger partial charge in [-0.15, -0.1) is 0 Å². The van der Waals surface area contributed by atoms with E-state index in [1.54, 1.807) is 25.1 Å². The zero-order chi connectivity index (χ0) is 15.1. The molecule has 1 aromatic rings. The second kappa shape index (κ2) is 5.29. The summed E-state index contributed by atoms with van der Waals surface area (Å²) < 4.78 is 31.4. The van der Waals surface area contributed by atoms with E-state index in [0.717, 1.165) is 25.7 Å². The lowest BCUT2D eigenvalue weighted by Gasteiger charge is -2.23. The van der Waals surface area contributed by atoms with E-state index in [0.29, 0.717) is 16.1 Å². The van der Waals surface area contributed by atoms with Crippen LogP contribution in [0.3, 0.4) is 0 Å². The number of nitrogen functional groups attached to an aromatic ring is 1. The molecule has 0 amide bonds. The van der Waals surface area contributed by atoms with Gasteiger partial charge in [-0.3, -0.25) is 0 Å². The minimum Gasteiger partial charge on any atom is -0.398 e. The molecule has 2 aliphatic rings. The molecule has 1 aliphatic heterocycles. The van der Waals surface area contributed by atoms with Crippen LogP contribution in [-0.2, 0) is 14.6 Å². The molecule has 1 unspecified atom stereocenters. The molecule has 2 fully saturated rings. The zero-order valence-electron chi connectivity index (χ0n) is 12.5. The van der Waals surface area contributed by atoms with Gasteiger partial charge in [-0.25, -0.2) is 8.42 Å². The van der Waals surface area contributed by atoms with Crippen LogP contribution in [-0.4, -0.2) is 25.9 Å². The molecule has 1 saturated heterocycles. The lowest BCUT2D eigenvalue weighted by molar-refractivity contribution is -0.0273. The van der Waals surface area contributed by atoms with Gasteiger partial charge in [-0.2, -0.15) is 0 Å². The summed E-state index contributed by atoms with van der Waals surface area (Å²) in [5.41, 5.74) is 6.97. The van der Waals surface area contributed by atoms with Gasteiger partial charge < -0.3 is 10.5 Å². The van der Waals surface area contributed by atoms with Crippen LogP contribution in [0.1, 0.15) is 44.1 Å². The molecule has 3 rings (SSSR count). The van der Waals surface area contributed by atoms with Crippen molar-refractivity contribution in [1.82, 2.24) is 0 Å². The van der Waals surface area contributed by atoms with Crippen molar-refractivity contribution < 1.29 is 13.2 Å². The highest BCUT2D eigenvalue weighted by Gasteiger charge is 2.43. The summed E-state index contributed by atoms with van der Waals surface area (Å²) in [7, 11) is -3.35. The lowest BCUT2D eigenvalue weighted by Crippen LogP contribution is -2.28. The smallest absolute Gasteiger partial charge is 0.181 e. The van der Waals surface area contributed by atoms with Crippen molar-refractivity contribution in [3.05, 3.63) is 23.8 Å². The highest BCUT2D eigenvalue weighted by atomic mass is 32.2. The number of anilines is 1. The van der Waals surface area contributed by atoms with Crippen molar-refractivity contribution in [3.63, 3.8) is 0 Å². The predicted octanol–water partition coefficient (Wildman–Crippen LogP) is 2.84. The van der Waals surface area contributed by atoms with Crippen LogP contribution in [0.5, 0.6) is 0 Å². The summed E-state index contributed by atoms with van der Waals surface area (Å²) in [6, 6.07) is 5.07. The summed E-state index contributed by atoms with van der Waals surface area (Å²) in [5, 5.41) is 0. The Balaban J connectivity index is 1.76. The molecular weight excluding hydrogens is 286 g/mol. The van der Waals surface area contributed by atoms with Gasteiger partial charge in [0.2, 0.25) is 0 Å². The molecule has 4 nitrogen and oxygen atoms in total. The molecule has 116 valence electrons. The van der Waals surface area contributed by atoms with E-state index < -0.39 is 9.84 Å². The second-order valence-electron chi connectivity index (χ2n) is 6.42. The first-order chi connectivity index (χ1) is 9.92. The molecule has 21 heavy (non-hydrogen) atoms. The molecular formula is C16H23NO3S. The Hall–Kier alpha value is -1.07. The van der Waals surface area contributed by atoms with Crippen LogP contribution >= 0.6 is 0 Å². The van der Waals surface area contributed by atoms with Crippen molar-refractivity contribution in [2.75, 3.05) is 11.5 Å². The lowest BCUT2D eigenvalue weighted by atomic mass is 9.98. The van der Waals surface area contributed by atoms with Crippen molar-refractivity contribution >= 4 is 15.5 Å². The molecule has 1 saturated carbocycles. The fourth-order valence-electron chi connectivity index (χ4n) is 3.70. The predicted molar refractivity (Wildman–Crippen MR) is 83.0 cm³/mol. The number of sulfone groups is 1. The van der Waals surface area contributed by atoms with Crippen LogP contribution in [0, 0.1) is 6.92 Å². The van der Waals surface area contributed by atoms with E-state index >= 15 is 0 Å². The fraction of sp³-hybridized carbons (Fsp3) is 0.625.